The topological polar surface area (TPSA) is 63.8 Å². The zero-order valence-corrected chi connectivity index (χ0v) is 9.75. The molecule has 0 saturated heterocycles. The fourth-order valence-corrected chi connectivity index (χ4v) is 1.50. The van der Waals surface area contributed by atoms with Gasteiger partial charge in [-0.05, 0) is 13.8 Å². The van der Waals surface area contributed by atoms with E-state index in [-0.39, 0.29) is 0 Å². The van der Waals surface area contributed by atoms with Crippen molar-refractivity contribution in [3.05, 3.63) is 34.9 Å². The van der Waals surface area contributed by atoms with Gasteiger partial charge in [-0.15, -0.1) is 0 Å². The highest BCUT2D eigenvalue weighted by atomic mass is 35.5. The minimum atomic E-state index is 0.415. The third kappa shape index (κ3) is 2.70. The number of halogens is 1. The zero-order chi connectivity index (χ0) is 11.5. The molecule has 1 N–H and O–H groups in total. The van der Waals surface area contributed by atoms with Crippen molar-refractivity contribution in [3.8, 4) is 0 Å². The Labute approximate surface area is 97.9 Å². The third-order valence-corrected chi connectivity index (χ3v) is 2.09. The summed E-state index contributed by atoms with van der Waals surface area (Å²) in [6.07, 6.45) is 1.68. The maximum atomic E-state index is 5.81. The SMILES string of the molecule is Cc1nc(Cl)cc(NCc2ncc(C)o2)n1. The molecule has 6 heteroatoms. The first-order valence-corrected chi connectivity index (χ1v) is 5.17. The van der Waals surface area contributed by atoms with E-state index in [0.717, 1.165) is 5.76 Å². The highest BCUT2D eigenvalue weighted by Crippen LogP contribution is 2.12. The van der Waals surface area contributed by atoms with Gasteiger partial charge in [0.25, 0.3) is 0 Å². The number of hydrogen-bond acceptors (Lipinski definition) is 5. The van der Waals surface area contributed by atoms with Crippen LogP contribution in [-0.2, 0) is 6.54 Å². The van der Waals surface area contributed by atoms with Gasteiger partial charge < -0.3 is 9.73 Å². The van der Waals surface area contributed by atoms with Crippen LogP contribution in [0.25, 0.3) is 0 Å². The van der Waals surface area contributed by atoms with Gasteiger partial charge in [0, 0.05) is 6.07 Å². The van der Waals surface area contributed by atoms with Crippen LogP contribution in [-0.4, -0.2) is 15.0 Å². The lowest BCUT2D eigenvalue weighted by atomic mass is 10.5. The average Bonchev–Trinajstić information content (AvgIpc) is 2.60. The van der Waals surface area contributed by atoms with E-state index in [1.165, 1.54) is 0 Å². The van der Waals surface area contributed by atoms with Gasteiger partial charge in [0.2, 0.25) is 5.89 Å². The van der Waals surface area contributed by atoms with Gasteiger partial charge in [0.1, 0.15) is 22.6 Å². The Kier molecular flexibility index (Phi) is 3.05. The molecule has 84 valence electrons. The fourth-order valence-electron chi connectivity index (χ4n) is 1.27. The van der Waals surface area contributed by atoms with Gasteiger partial charge >= 0.3 is 0 Å². The van der Waals surface area contributed by atoms with E-state index in [1.807, 2.05) is 6.92 Å². The van der Waals surface area contributed by atoms with Crippen molar-refractivity contribution >= 4 is 17.4 Å². The van der Waals surface area contributed by atoms with Crippen LogP contribution in [0.4, 0.5) is 5.82 Å². The van der Waals surface area contributed by atoms with Gasteiger partial charge in [-0.2, -0.15) is 0 Å². The van der Waals surface area contributed by atoms with Crippen molar-refractivity contribution in [3.63, 3.8) is 0 Å². The standard InChI is InChI=1S/C10H11ClN4O/c1-6-4-13-10(16-6)5-12-9-3-8(11)14-7(2)15-9/h3-4H,5H2,1-2H3,(H,12,14,15). The molecule has 0 atom stereocenters. The molecule has 0 aromatic carbocycles. The second-order valence-electron chi connectivity index (χ2n) is 3.34. The number of aromatic nitrogens is 3. The first kappa shape index (κ1) is 10.9. The van der Waals surface area contributed by atoms with E-state index < -0.39 is 0 Å². The Morgan fingerprint density at radius 2 is 2.19 bits per heavy atom. The molecule has 0 unspecified atom stereocenters. The molecule has 2 aromatic heterocycles. The van der Waals surface area contributed by atoms with Crippen molar-refractivity contribution in [1.82, 2.24) is 15.0 Å². The molecule has 2 aromatic rings. The lowest BCUT2D eigenvalue weighted by Gasteiger charge is -2.03. The van der Waals surface area contributed by atoms with Gasteiger partial charge in [0.15, 0.2) is 0 Å². The van der Waals surface area contributed by atoms with Crippen LogP contribution in [0.3, 0.4) is 0 Å². The number of nitrogens with zero attached hydrogens (tertiary/aromatic N) is 3. The molecule has 0 aliphatic carbocycles. The van der Waals surface area contributed by atoms with Crippen LogP contribution in [0.5, 0.6) is 0 Å². The molecular weight excluding hydrogens is 228 g/mol. The normalized spacial score (nSPS) is 10.4. The molecule has 0 aliphatic heterocycles. The number of nitrogens with one attached hydrogen (secondary N) is 1. The number of aryl methyl sites for hydroxylation is 2. The van der Waals surface area contributed by atoms with Crippen LogP contribution in [0, 0.1) is 13.8 Å². The molecule has 0 spiro atoms. The van der Waals surface area contributed by atoms with Crippen molar-refractivity contribution in [2.24, 2.45) is 0 Å². The molecular formula is C10H11ClN4O. The van der Waals surface area contributed by atoms with Crippen molar-refractivity contribution in [2.75, 3.05) is 5.32 Å². The molecule has 16 heavy (non-hydrogen) atoms. The monoisotopic (exact) mass is 238 g/mol. The summed E-state index contributed by atoms with van der Waals surface area (Å²) in [5.41, 5.74) is 0. The fraction of sp³-hybridized carbons (Fsp3) is 0.300. The average molecular weight is 239 g/mol. The summed E-state index contributed by atoms with van der Waals surface area (Å²) in [6, 6.07) is 1.66. The highest BCUT2D eigenvalue weighted by molar-refractivity contribution is 6.29. The smallest absolute Gasteiger partial charge is 0.213 e. The summed E-state index contributed by atoms with van der Waals surface area (Å²) in [5, 5.41) is 3.48. The lowest BCUT2D eigenvalue weighted by Crippen LogP contribution is -2.03. The number of anilines is 1. The Morgan fingerprint density at radius 1 is 1.38 bits per heavy atom. The first-order chi connectivity index (χ1) is 7.63. The largest absolute Gasteiger partial charge is 0.444 e. The Hall–Kier alpha value is -1.62. The molecule has 0 radical (unpaired) electrons. The zero-order valence-electron chi connectivity index (χ0n) is 8.99. The van der Waals surface area contributed by atoms with E-state index in [0.29, 0.717) is 29.2 Å². The summed E-state index contributed by atoms with van der Waals surface area (Å²) >= 11 is 5.81. The Bertz CT molecular complexity index is 477. The minimum Gasteiger partial charge on any atom is -0.444 e. The summed E-state index contributed by atoms with van der Waals surface area (Å²) in [6.45, 7) is 4.11. The number of rotatable bonds is 3. The summed E-state index contributed by atoms with van der Waals surface area (Å²) < 4.78 is 5.32. The van der Waals surface area contributed by atoms with Crippen molar-refractivity contribution in [2.45, 2.75) is 20.4 Å². The molecule has 0 fully saturated rings. The van der Waals surface area contributed by atoms with Crippen molar-refractivity contribution in [1.29, 1.82) is 0 Å². The Balaban J connectivity index is 2.04. The summed E-state index contributed by atoms with van der Waals surface area (Å²) in [4.78, 5) is 12.2. The quantitative estimate of drug-likeness (QED) is 0.832. The molecule has 0 saturated carbocycles. The van der Waals surface area contributed by atoms with Crippen molar-refractivity contribution < 1.29 is 4.42 Å². The highest BCUT2D eigenvalue weighted by Gasteiger charge is 2.03. The second kappa shape index (κ2) is 4.49. The van der Waals surface area contributed by atoms with Crippen LogP contribution >= 0.6 is 11.6 Å². The van der Waals surface area contributed by atoms with E-state index in [9.17, 15) is 0 Å². The predicted octanol–water partition coefficient (Wildman–Crippen LogP) is 2.35. The minimum absolute atomic E-state index is 0.415. The summed E-state index contributed by atoms with van der Waals surface area (Å²) in [5.74, 6) is 2.69. The van der Waals surface area contributed by atoms with Gasteiger partial charge in [-0.3, -0.25) is 0 Å². The van der Waals surface area contributed by atoms with E-state index >= 15 is 0 Å². The summed E-state index contributed by atoms with van der Waals surface area (Å²) in [7, 11) is 0. The first-order valence-electron chi connectivity index (χ1n) is 4.80. The maximum absolute atomic E-state index is 5.81. The van der Waals surface area contributed by atoms with Crippen LogP contribution in [0.15, 0.2) is 16.7 Å². The van der Waals surface area contributed by atoms with E-state index in [4.69, 9.17) is 16.0 Å². The molecule has 0 aliphatic rings. The predicted molar refractivity (Wildman–Crippen MR) is 60.3 cm³/mol. The number of oxazole rings is 1. The van der Waals surface area contributed by atoms with E-state index in [1.54, 1.807) is 19.2 Å². The van der Waals surface area contributed by atoms with Gasteiger partial charge in [-0.1, -0.05) is 11.6 Å². The third-order valence-electron chi connectivity index (χ3n) is 1.90. The van der Waals surface area contributed by atoms with Crippen LogP contribution in [0.1, 0.15) is 17.5 Å². The van der Waals surface area contributed by atoms with Gasteiger partial charge in [-0.25, -0.2) is 15.0 Å². The maximum Gasteiger partial charge on any atom is 0.213 e. The molecule has 0 amide bonds. The van der Waals surface area contributed by atoms with Crippen LogP contribution < -0.4 is 5.32 Å². The second-order valence-corrected chi connectivity index (χ2v) is 3.73. The van der Waals surface area contributed by atoms with E-state index in [2.05, 4.69) is 20.3 Å². The molecule has 0 bridgehead atoms. The number of hydrogen-bond donors (Lipinski definition) is 1. The molecule has 2 rings (SSSR count). The van der Waals surface area contributed by atoms with Crippen LogP contribution in [0.2, 0.25) is 5.15 Å². The Morgan fingerprint density at radius 3 is 2.81 bits per heavy atom. The molecule has 5 nitrogen and oxygen atoms in total. The van der Waals surface area contributed by atoms with Gasteiger partial charge in [0.05, 0.1) is 12.7 Å². The lowest BCUT2D eigenvalue weighted by molar-refractivity contribution is 0.479. The molecule has 2 heterocycles.